The van der Waals surface area contributed by atoms with Gasteiger partial charge in [0.25, 0.3) is 0 Å². The summed E-state index contributed by atoms with van der Waals surface area (Å²) in [4.78, 5) is 33.3. The fraction of sp³-hybridized carbons (Fsp3) is 0.450. The molecule has 1 saturated heterocycles. The van der Waals surface area contributed by atoms with Crippen molar-refractivity contribution in [1.82, 2.24) is 14.3 Å². The molecule has 0 radical (unpaired) electrons. The highest BCUT2D eigenvalue weighted by Gasteiger charge is 2.32. The molecule has 0 saturated carbocycles. The Morgan fingerprint density at radius 3 is 2.42 bits per heavy atom. The highest BCUT2D eigenvalue weighted by Crippen LogP contribution is 2.35. The van der Waals surface area contributed by atoms with E-state index in [1.54, 1.807) is 11.8 Å². The number of nitro groups is 1. The van der Waals surface area contributed by atoms with Gasteiger partial charge < -0.3 is 15.0 Å². The van der Waals surface area contributed by atoms with E-state index in [-0.39, 0.29) is 34.1 Å². The molecule has 0 unspecified atom stereocenters. The van der Waals surface area contributed by atoms with E-state index in [1.165, 1.54) is 44.7 Å². The first-order valence-electron chi connectivity index (χ1n) is 10.4. The number of benzene rings is 1. The number of nitrogens with zero attached hydrogens (tertiary/aromatic N) is 5. The Balaban J connectivity index is 1.82. The first-order valence-corrected chi connectivity index (χ1v) is 11.8. The molecular weight excluding hydrogens is 452 g/mol. The van der Waals surface area contributed by atoms with E-state index in [1.807, 2.05) is 0 Å². The first kappa shape index (κ1) is 24.3. The minimum atomic E-state index is -3.59. The number of anilines is 3. The maximum absolute atomic E-state index is 12.2. The number of carbonyl (C=O) groups excluding carboxylic acids is 1. The summed E-state index contributed by atoms with van der Waals surface area (Å²) in [5.74, 6) is -0.347. The van der Waals surface area contributed by atoms with Crippen LogP contribution in [0.15, 0.2) is 35.5 Å². The average Bonchev–Trinajstić information content (AvgIpc) is 2.79. The number of rotatable bonds is 8. The molecule has 1 aliphatic heterocycles. The van der Waals surface area contributed by atoms with Crippen LogP contribution in [0.3, 0.4) is 0 Å². The van der Waals surface area contributed by atoms with Crippen molar-refractivity contribution in [3.63, 3.8) is 0 Å². The van der Waals surface area contributed by atoms with Gasteiger partial charge in [-0.05, 0) is 44.0 Å². The Bertz CT molecular complexity index is 1110. The molecule has 2 aromatic rings. The van der Waals surface area contributed by atoms with Crippen LogP contribution in [0.25, 0.3) is 0 Å². The third kappa shape index (κ3) is 5.37. The molecule has 0 atom stereocenters. The molecule has 0 amide bonds. The summed E-state index contributed by atoms with van der Waals surface area (Å²) in [7, 11) is -0.725. The lowest BCUT2D eigenvalue weighted by molar-refractivity contribution is -0.383. The molecule has 3 rings (SSSR count). The van der Waals surface area contributed by atoms with E-state index >= 15 is 0 Å². The third-order valence-corrected chi connectivity index (χ3v) is 7.12. The van der Waals surface area contributed by atoms with Crippen LogP contribution in [0.2, 0.25) is 0 Å². The minimum Gasteiger partial charge on any atom is -0.466 e. The van der Waals surface area contributed by atoms with Crippen LogP contribution >= 0.6 is 0 Å². The highest BCUT2D eigenvalue weighted by molar-refractivity contribution is 7.89. The predicted octanol–water partition coefficient (Wildman–Crippen LogP) is 2.16. The van der Waals surface area contributed by atoms with Gasteiger partial charge in [0.2, 0.25) is 21.7 Å². The summed E-state index contributed by atoms with van der Waals surface area (Å²) < 4.78 is 30.6. The molecule has 33 heavy (non-hydrogen) atoms. The smallest absolute Gasteiger partial charge is 0.353 e. The summed E-state index contributed by atoms with van der Waals surface area (Å²) in [6.07, 6.45) is 2.24. The van der Waals surface area contributed by atoms with Gasteiger partial charge >= 0.3 is 11.7 Å². The number of ether oxygens (including phenoxy) is 1. The molecule has 1 N–H and O–H groups in total. The number of hydrogen-bond acceptors (Lipinski definition) is 10. The zero-order valence-corrected chi connectivity index (χ0v) is 19.4. The molecule has 0 aliphatic carbocycles. The highest BCUT2D eigenvalue weighted by atomic mass is 32.2. The van der Waals surface area contributed by atoms with Crippen molar-refractivity contribution in [3.8, 4) is 0 Å². The van der Waals surface area contributed by atoms with Crippen molar-refractivity contribution in [1.29, 1.82) is 0 Å². The molecule has 0 bridgehead atoms. The maximum atomic E-state index is 12.2. The monoisotopic (exact) mass is 478 g/mol. The third-order valence-electron chi connectivity index (χ3n) is 5.30. The van der Waals surface area contributed by atoms with Crippen molar-refractivity contribution < 1.29 is 22.9 Å². The maximum Gasteiger partial charge on any atom is 0.353 e. The van der Waals surface area contributed by atoms with Crippen LogP contribution in [-0.2, 0) is 19.6 Å². The van der Waals surface area contributed by atoms with Crippen LogP contribution in [-0.4, -0.2) is 67.4 Å². The molecule has 178 valence electrons. The second kappa shape index (κ2) is 10.1. The van der Waals surface area contributed by atoms with E-state index in [2.05, 4.69) is 15.3 Å². The number of esters is 1. The van der Waals surface area contributed by atoms with Crippen LogP contribution in [0.5, 0.6) is 0 Å². The zero-order valence-electron chi connectivity index (χ0n) is 18.6. The summed E-state index contributed by atoms with van der Waals surface area (Å²) in [5, 5.41) is 14.8. The Morgan fingerprint density at radius 1 is 1.24 bits per heavy atom. The fourth-order valence-corrected chi connectivity index (χ4v) is 4.41. The lowest BCUT2D eigenvalue weighted by atomic mass is 9.97. The molecule has 1 aliphatic rings. The molecule has 1 fully saturated rings. The number of nitrogens with one attached hydrogen (secondary N) is 1. The van der Waals surface area contributed by atoms with Gasteiger partial charge in [-0.3, -0.25) is 14.9 Å². The average molecular weight is 479 g/mol. The van der Waals surface area contributed by atoms with Gasteiger partial charge in [-0.1, -0.05) is 0 Å². The minimum absolute atomic E-state index is 0.0132. The Kier molecular flexibility index (Phi) is 7.43. The van der Waals surface area contributed by atoms with Crippen LogP contribution in [0, 0.1) is 16.0 Å². The fourth-order valence-electron chi connectivity index (χ4n) is 3.51. The molecule has 12 nitrogen and oxygen atoms in total. The molecule has 13 heteroatoms. The largest absolute Gasteiger partial charge is 0.466 e. The Hall–Kier alpha value is -3.32. The number of aromatic nitrogens is 2. The van der Waals surface area contributed by atoms with Gasteiger partial charge in [0, 0.05) is 32.9 Å². The number of piperidine rings is 1. The van der Waals surface area contributed by atoms with E-state index in [9.17, 15) is 23.3 Å². The van der Waals surface area contributed by atoms with Crippen molar-refractivity contribution in [2.24, 2.45) is 5.92 Å². The second-order valence-corrected chi connectivity index (χ2v) is 9.75. The summed E-state index contributed by atoms with van der Waals surface area (Å²) >= 11 is 0. The van der Waals surface area contributed by atoms with Gasteiger partial charge in [0.15, 0.2) is 0 Å². The summed E-state index contributed by atoms with van der Waals surface area (Å²) in [6, 6.07) is 5.83. The van der Waals surface area contributed by atoms with E-state index in [4.69, 9.17) is 4.74 Å². The molecule has 2 heterocycles. The number of sulfonamides is 1. The van der Waals surface area contributed by atoms with Crippen molar-refractivity contribution >= 4 is 39.0 Å². The molecular formula is C20H26N6O6S. The molecule has 1 aromatic carbocycles. The van der Waals surface area contributed by atoms with Gasteiger partial charge in [-0.25, -0.2) is 22.7 Å². The molecule has 0 spiro atoms. The Morgan fingerprint density at radius 2 is 1.88 bits per heavy atom. The standard InChI is InChI=1S/C20H26N6O6S/c1-4-32-20(27)14-9-11-25(12-10-14)19-17(26(28)29)18(21-13-22-19)23-15-5-7-16(8-6-15)33(30,31)24(2)3/h5-8,13-14H,4,9-12H2,1-3H3,(H,21,22,23). The lowest BCUT2D eigenvalue weighted by Crippen LogP contribution is -2.37. The first-order chi connectivity index (χ1) is 15.6. The van der Waals surface area contributed by atoms with Gasteiger partial charge in [-0.2, -0.15) is 0 Å². The number of hydrogen-bond donors (Lipinski definition) is 1. The van der Waals surface area contributed by atoms with E-state index < -0.39 is 14.9 Å². The van der Waals surface area contributed by atoms with Crippen molar-refractivity contribution in [2.45, 2.75) is 24.7 Å². The predicted molar refractivity (Wildman–Crippen MR) is 121 cm³/mol. The normalized spacial score (nSPS) is 14.8. The van der Waals surface area contributed by atoms with Crippen molar-refractivity contribution in [3.05, 3.63) is 40.7 Å². The quantitative estimate of drug-likeness (QED) is 0.340. The van der Waals surface area contributed by atoms with Crippen molar-refractivity contribution in [2.75, 3.05) is 44.0 Å². The van der Waals surface area contributed by atoms with E-state index in [0.29, 0.717) is 38.2 Å². The van der Waals surface area contributed by atoms with E-state index in [0.717, 1.165) is 4.31 Å². The lowest BCUT2D eigenvalue weighted by Gasteiger charge is -2.31. The molecule has 1 aromatic heterocycles. The SMILES string of the molecule is CCOC(=O)C1CCN(c2ncnc(Nc3ccc(S(=O)(=O)N(C)C)cc3)c2[N+](=O)[O-])CC1. The van der Waals surface area contributed by atoms with Gasteiger partial charge in [-0.15, -0.1) is 0 Å². The van der Waals surface area contributed by atoms with Gasteiger partial charge in [0.05, 0.1) is 22.3 Å². The Labute approximate surface area is 191 Å². The summed E-state index contributed by atoms with van der Waals surface area (Å²) in [5.41, 5.74) is 0.138. The second-order valence-electron chi connectivity index (χ2n) is 7.60. The van der Waals surface area contributed by atoms with Crippen LogP contribution in [0.1, 0.15) is 19.8 Å². The number of carbonyl (C=O) groups is 1. The topological polar surface area (TPSA) is 148 Å². The van der Waals surface area contributed by atoms with Crippen LogP contribution < -0.4 is 10.2 Å². The van der Waals surface area contributed by atoms with Crippen LogP contribution in [0.4, 0.5) is 23.0 Å². The zero-order chi connectivity index (χ0) is 24.2. The van der Waals surface area contributed by atoms with Gasteiger partial charge in [0.1, 0.15) is 6.33 Å². The summed E-state index contributed by atoms with van der Waals surface area (Å²) in [6.45, 7) is 2.89.